The summed E-state index contributed by atoms with van der Waals surface area (Å²) in [6.45, 7) is 5.39. The van der Waals surface area contributed by atoms with E-state index < -0.39 is 0 Å². The van der Waals surface area contributed by atoms with Crippen molar-refractivity contribution in [2.45, 2.75) is 20.8 Å². The maximum Gasteiger partial charge on any atom is 0.293 e. The van der Waals surface area contributed by atoms with Gasteiger partial charge in [0.15, 0.2) is 5.89 Å². The molecule has 0 spiro atoms. The highest BCUT2D eigenvalue weighted by Crippen LogP contribution is 2.24. The summed E-state index contributed by atoms with van der Waals surface area (Å²) < 4.78 is 6.23. The van der Waals surface area contributed by atoms with Crippen molar-refractivity contribution in [1.82, 2.24) is 4.98 Å². The molecule has 4 nitrogen and oxygen atoms in total. The highest BCUT2D eigenvalue weighted by Gasteiger charge is 2.16. The Morgan fingerprint density at radius 3 is 2.67 bits per heavy atom. The van der Waals surface area contributed by atoms with Crippen molar-refractivity contribution in [1.29, 1.82) is 0 Å². The van der Waals surface area contributed by atoms with Gasteiger partial charge in [0.2, 0.25) is 5.76 Å². The zero-order chi connectivity index (χ0) is 13.3. The molecule has 0 unspecified atom stereocenters. The smallest absolute Gasteiger partial charge is 0.293 e. The first-order valence-electron chi connectivity index (χ1n) is 5.49. The molecule has 0 saturated carbocycles. The first kappa shape index (κ1) is 12.8. The molecule has 1 aromatic heterocycles. The van der Waals surface area contributed by atoms with Gasteiger partial charge in [0.1, 0.15) is 0 Å². The zero-order valence-corrected chi connectivity index (χ0v) is 12.0. The number of rotatable bonds is 2. The maximum atomic E-state index is 12.1. The van der Waals surface area contributed by atoms with Crippen molar-refractivity contribution in [3.63, 3.8) is 0 Å². The minimum atomic E-state index is -0.283. The fourth-order valence-electron chi connectivity index (χ4n) is 1.66. The standard InChI is InChI=1S/C13H13BrN2O2/c1-7-10(14)5-4-6-11(7)16-13(17)12-8(2)15-9(3)18-12/h4-6H,1-3H3,(H,16,17). The quantitative estimate of drug-likeness (QED) is 0.922. The molecule has 0 bridgehead atoms. The molecule has 1 heterocycles. The van der Waals surface area contributed by atoms with Crippen LogP contribution in [0.1, 0.15) is 27.7 Å². The molecule has 0 aliphatic heterocycles. The molecule has 18 heavy (non-hydrogen) atoms. The molecule has 0 radical (unpaired) electrons. The number of aromatic nitrogens is 1. The molecule has 2 rings (SSSR count). The molecular weight excluding hydrogens is 296 g/mol. The van der Waals surface area contributed by atoms with E-state index in [1.165, 1.54) is 0 Å². The molecule has 1 aromatic carbocycles. The Kier molecular flexibility index (Phi) is 3.52. The van der Waals surface area contributed by atoms with E-state index in [0.717, 1.165) is 15.7 Å². The third-order valence-corrected chi connectivity index (χ3v) is 3.48. The van der Waals surface area contributed by atoms with E-state index in [1.807, 2.05) is 25.1 Å². The second-order valence-corrected chi connectivity index (χ2v) is 4.87. The van der Waals surface area contributed by atoms with E-state index in [2.05, 4.69) is 26.2 Å². The summed E-state index contributed by atoms with van der Waals surface area (Å²) in [5.74, 6) is 0.463. The lowest BCUT2D eigenvalue weighted by molar-refractivity contribution is 0.0994. The van der Waals surface area contributed by atoms with Crippen LogP contribution in [0.2, 0.25) is 0 Å². The van der Waals surface area contributed by atoms with Crippen LogP contribution in [0.25, 0.3) is 0 Å². The van der Waals surface area contributed by atoms with E-state index in [1.54, 1.807) is 13.8 Å². The van der Waals surface area contributed by atoms with Crippen molar-refractivity contribution in [2.75, 3.05) is 5.32 Å². The number of nitrogens with zero attached hydrogens (tertiary/aromatic N) is 1. The average molecular weight is 309 g/mol. The van der Waals surface area contributed by atoms with Gasteiger partial charge >= 0.3 is 0 Å². The fraction of sp³-hybridized carbons (Fsp3) is 0.231. The Morgan fingerprint density at radius 2 is 2.06 bits per heavy atom. The molecule has 0 atom stereocenters. The number of nitrogens with one attached hydrogen (secondary N) is 1. The number of hydrogen-bond acceptors (Lipinski definition) is 3. The van der Waals surface area contributed by atoms with Gasteiger partial charge in [-0.25, -0.2) is 4.98 Å². The van der Waals surface area contributed by atoms with E-state index in [9.17, 15) is 4.79 Å². The predicted molar refractivity (Wildman–Crippen MR) is 72.8 cm³/mol. The summed E-state index contributed by atoms with van der Waals surface area (Å²) >= 11 is 3.42. The van der Waals surface area contributed by atoms with E-state index in [0.29, 0.717) is 11.6 Å². The monoisotopic (exact) mass is 308 g/mol. The van der Waals surface area contributed by atoms with Gasteiger partial charge in [-0.2, -0.15) is 0 Å². The maximum absolute atomic E-state index is 12.1. The molecular formula is C13H13BrN2O2. The molecule has 1 amide bonds. The van der Waals surface area contributed by atoms with Crippen LogP contribution in [0.15, 0.2) is 27.1 Å². The predicted octanol–water partition coefficient (Wildman–Crippen LogP) is 3.61. The summed E-state index contributed by atoms with van der Waals surface area (Å²) in [5, 5.41) is 2.82. The van der Waals surface area contributed by atoms with Gasteiger partial charge in [-0.05, 0) is 31.5 Å². The van der Waals surface area contributed by atoms with Crippen molar-refractivity contribution in [3.05, 3.63) is 45.6 Å². The van der Waals surface area contributed by atoms with Crippen LogP contribution in [0, 0.1) is 20.8 Å². The van der Waals surface area contributed by atoms with Gasteiger partial charge in [-0.15, -0.1) is 0 Å². The highest BCUT2D eigenvalue weighted by atomic mass is 79.9. The number of benzene rings is 1. The van der Waals surface area contributed by atoms with Crippen molar-refractivity contribution in [2.24, 2.45) is 0 Å². The van der Waals surface area contributed by atoms with Crippen LogP contribution >= 0.6 is 15.9 Å². The van der Waals surface area contributed by atoms with Gasteiger partial charge in [0, 0.05) is 17.1 Å². The second kappa shape index (κ2) is 4.94. The minimum Gasteiger partial charge on any atom is -0.436 e. The molecule has 0 aliphatic rings. The van der Waals surface area contributed by atoms with Crippen molar-refractivity contribution in [3.8, 4) is 0 Å². The average Bonchev–Trinajstić information content (AvgIpc) is 2.64. The van der Waals surface area contributed by atoms with E-state index in [-0.39, 0.29) is 11.7 Å². The van der Waals surface area contributed by atoms with Crippen LogP contribution in [-0.4, -0.2) is 10.9 Å². The van der Waals surface area contributed by atoms with E-state index >= 15 is 0 Å². The van der Waals surface area contributed by atoms with Crippen molar-refractivity contribution < 1.29 is 9.21 Å². The Bertz CT molecular complexity index is 605. The molecule has 2 aromatic rings. The SMILES string of the molecule is Cc1nc(C)c(C(=O)Nc2cccc(Br)c2C)o1. The third kappa shape index (κ3) is 2.46. The number of hydrogen-bond donors (Lipinski definition) is 1. The first-order chi connectivity index (χ1) is 8.49. The van der Waals surface area contributed by atoms with Gasteiger partial charge in [-0.3, -0.25) is 4.79 Å². The lowest BCUT2D eigenvalue weighted by Crippen LogP contribution is -2.13. The van der Waals surface area contributed by atoms with Crippen molar-refractivity contribution >= 4 is 27.5 Å². The van der Waals surface area contributed by atoms with Crippen LogP contribution in [0.3, 0.4) is 0 Å². The Labute approximate surface area is 114 Å². The summed E-state index contributed by atoms with van der Waals surface area (Å²) in [6.07, 6.45) is 0. The largest absolute Gasteiger partial charge is 0.436 e. The second-order valence-electron chi connectivity index (χ2n) is 4.01. The highest BCUT2D eigenvalue weighted by molar-refractivity contribution is 9.10. The molecule has 0 saturated heterocycles. The number of oxazole rings is 1. The third-order valence-electron chi connectivity index (χ3n) is 2.63. The number of aryl methyl sites for hydroxylation is 2. The lowest BCUT2D eigenvalue weighted by atomic mass is 10.2. The molecule has 0 aliphatic carbocycles. The number of carbonyl (C=O) groups is 1. The Morgan fingerprint density at radius 1 is 1.33 bits per heavy atom. The van der Waals surface area contributed by atoms with Gasteiger partial charge in [0.05, 0.1) is 5.69 Å². The number of anilines is 1. The van der Waals surface area contributed by atoms with Crippen LogP contribution < -0.4 is 5.32 Å². The number of halogens is 1. The Hall–Kier alpha value is -1.62. The van der Waals surface area contributed by atoms with Crippen LogP contribution in [0.4, 0.5) is 5.69 Å². The van der Waals surface area contributed by atoms with Gasteiger partial charge in [-0.1, -0.05) is 22.0 Å². The summed E-state index contributed by atoms with van der Waals surface area (Å²) in [5.41, 5.74) is 2.32. The zero-order valence-electron chi connectivity index (χ0n) is 10.4. The molecule has 1 N–H and O–H groups in total. The molecule has 0 fully saturated rings. The summed E-state index contributed by atoms with van der Waals surface area (Å²) in [4.78, 5) is 16.1. The fourth-order valence-corrected chi connectivity index (χ4v) is 2.03. The summed E-state index contributed by atoms with van der Waals surface area (Å²) in [6, 6.07) is 5.64. The normalized spacial score (nSPS) is 10.4. The molecule has 5 heteroatoms. The van der Waals surface area contributed by atoms with Gasteiger partial charge in [0.25, 0.3) is 5.91 Å². The summed E-state index contributed by atoms with van der Waals surface area (Å²) in [7, 11) is 0. The first-order valence-corrected chi connectivity index (χ1v) is 6.29. The van der Waals surface area contributed by atoms with E-state index in [4.69, 9.17) is 4.42 Å². The lowest BCUT2D eigenvalue weighted by Gasteiger charge is -2.08. The van der Waals surface area contributed by atoms with Gasteiger partial charge < -0.3 is 9.73 Å². The minimum absolute atomic E-state index is 0.256. The number of carbonyl (C=O) groups excluding carboxylic acids is 1. The Balaban J connectivity index is 2.27. The molecule has 94 valence electrons. The van der Waals surface area contributed by atoms with Crippen LogP contribution in [0.5, 0.6) is 0 Å². The topological polar surface area (TPSA) is 55.1 Å². The number of amides is 1. The van der Waals surface area contributed by atoms with Crippen LogP contribution in [-0.2, 0) is 0 Å².